The zero-order chi connectivity index (χ0) is 14.8. The molecule has 0 aliphatic heterocycles. The van der Waals surface area contributed by atoms with Gasteiger partial charge in [0.15, 0.2) is 0 Å². The van der Waals surface area contributed by atoms with Gasteiger partial charge < -0.3 is 4.90 Å². The van der Waals surface area contributed by atoms with E-state index in [-0.39, 0.29) is 0 Å². The zero-order valence-corrected chi connectivity index (χ0v) is 13.8. The Labute approximate surface area is 133 Å². The lowest BCUT2D eigenvalue weighted by Crippen LogP contribution is -2.14. The monoisotopic (exact) mass is 343 g/mol. The quantitative estimate of drug-likeness (QED) is 0.714. The molecule has 0 amide bonds. The maximum absolute atomic E-state index is 4.70. The molecule has 2 heterocycles. The smallest absolute Gasteiger partial charge is 0.132 e. The molecular formula is C17H18BrN3. The summed E-state index contributed by atoms with van der Waals surface area (Å²) in [5.41, 5.74) is 2.46. The lowest BCUT2D eigenvalue weighted by Gasteiger charge is -2.16. The molecular weight excluding hydrogens is 326 g/mol. The molecule has 3 aromatic rings. The van der Waals surface area contributed by atoms with Gasteiger partial charge in [-0.25, -0.2) is 4.98 Å². The van der Waals surface area contributed by atoms with Crippen molar-refractivity contribution in [3.8, 4) is 0 Å². The molecule has 3 rings (SSSR count). The second kappa shape index (κ2) is 5.90. The Bertz CT molecular complexity index is 747. The highest BCUT2D eigenvalue weighted by Crippen LogP contribution is 2.25. The maximum atomic E-state index is 4.70. The van der Waals surface area contributed by atoms with Gasteiger partial charge in [0.05, 0.1) is 5.52 Å². The number of fused-ring (bicyclic) bond motifs is 1. The second-order valence-electron chi connectivity index (χ2n) is 5.30. The van der Waals surface area contributed by atoms with Gasteiger partial charge in [-0.1, -0.05) is 36.4 Å². The summed E-state index contributed by atoms with van der Waals surface area (Å²) in [5.74, 6) is 2.23. The third-order valence-electron chi connectivity index (χ3n) is 3.60. The molecule has 0 aliphatic carbocycles. The summed E-state index contributed by atoms with van der Waals surface area (Å²) in [6.07, 6.45) is 1.91. The first-order chi connectivity index (χ1) is 10.2. The van der Waals surface area contributed by atoms with E-state index < -0.39 is 0 Å². The molecule has 4 heteroatoms. The predicted octanol–water partition coefficient (Wildman–Crippen LogP) is 3.95. The molecule has 0 spiro atoms. The summed E-state index contributed by atoms with van der Waals surface area (Å²) in [5, 5.41) is 0. The van der Waals surface area contributed by atoms with E-state index in [4.69, 9.17) is 4.98 Å². The van der Waals surface area contributed by atoms with Crippen LogP contribution in [0.4, 0.5) is 5.82 Å². The molecule has 1 aromatic carbocycles. The summed E-state index contributed by atoms with van der Waals surface area (Å²) in [4.78, 5) is 6.82. The van der Waals surface area contributed by atoms with Gasteiger partial charge in [-0.15, -0.1) is 0 Å². The Kier molecular flexibility index (Phi) is 3.97. The number of imidazole rings is 1. The number of rotatable bonds is 4. The van der Waals surface area contributed by atoms with Crippen molar-refractivity contribution in [3.05, 3.63) is 64.5 Å². The third-order valence-corrected chi connectivity index (χ3v) is 4.19. The molecule has 0 saturated heterocycles. The SMILES string of the molecule is CN(C)c1cccc2c(Br)nc(CCc3ccccc3)n12. The maximum Gasteiger partial charge on any atom is 0.132 e. The first-order valence-corrected chi connectivity index (χ1v) is 7.83. The fourth-order valence-electron chi connectivity index (χ4n) is 2.57. The van der Waals surface area contributed by atoms with E-state index in [0.29, 0.717) is 0 Å². The molecule has 0 N–H and O–H groups in total. The molecule has 0 bridgehead atoms. The molecule has 21 heavy (non-hydrogen) atoms. The Morgan fingerprint density at radius 2 is 1.76 bits per heavy atom. The summed E-state index contributed by atoms with van der Waals surface area (Å²) in [6, 6.07) is 16.8. The van der Waals surface area contributed by atoms with Gasteiger partial charge in [0.1, 0.15) is 16.2 Å². The Balaban J connectivity index is 1.98. The summed E-state index contributed by atoms with van der Waals surface area (Å²) in [7, 11) is 4.12. The minimum atomic E-state index is 0.911. The third kappa shape index (κ3) is 2.81. The van der Waals surface area contributed by atoms with Crippen LogP contribution in [-0.4, -0.2) is 23.5 Å². The zero-order valence-electron chi connectivity index (χ0n) is 12.3. The number of halogens is 1. The van der Waals surface area contributed by atoms with Crippen LogP contribution in [0.5, 0.6) is 0 Å². The number of nitrogens with zero attached hydrogens (tertiary/aromatic N) is 3. The molecule has 0 atom stereocenters. The Morgan fingerprint density at radius 1 is 1.00 bits per heavy atom. The van der Waals surface area contributed by atoms with Crippen LogP contribution in [0.15, 0.2) is 53.1 Å². The van der Waals surface area contributed by atoms with E-state index >= 15 is 0 Å². The highest BCUT2D eigenvalue weighted by atomic mass is 79.9. The number of hydrogen-bond donors (Lipinski definition) is 0. The molecule has 3 nitrogen and oxygen atoms in total. The number of pyridine rings is 1. The van der Waals surface area contributed by atoms with Crippen LogP contribution in [0.25, 0.3) is 5.52 Å². The average Bonchev–Trinajstić information content (AvgIpc) is 2.83. The molecule has 2 aromatic heterocycles. The number of anilines is 1. The van der Waals surface area contributed by atoms with E-state index in [0.717, 1.165) is 34.6 Å². The number of hydrogen-bond acceptors (Lipinski definition) is 2. The van der Waals surface area contributed by atoms with E-state index in [1.165, 1.54) is 5.56 Å². The predicted molar refractivity (Wildman–Crippen MR) is 91.1 cm³/mol. The standard InChI is InChI=1S/C17H18BrN3/c1-20(2)16-10-6-9-14-17(18)19-15(21(14)16)12-11-13-7-4-3-5-8-13/h3-10H,11-12H2,1-2H3. The van der Waals surface area contributed by atoms with Gasteiger partial charge >= 0.3 is 0 Å². The normalized spacial score (nSPS) is 11.0. The van der Waals surface area contributed by atoms with E-state index in [1.54, 1.807) is 0 Å². The lowest BCUT2D eigenvalue weighted by atomic mass is 10.1. The van der Waals surface area contributed by atoms with Gasteiger partial charge in [0, 0.05) is 20.5 Å². The molecule has 0 saturated carbocycles. The number of aryl methyl sites for hydroxylation is 2. The highest BCUT2D eigenvalue weighted by molar-refractivity contribution is 9.10. The average molecular weight is 344 g/mol. The van der Waals surface area contributed by atoms with E-state index in [9.17, 15) is 0 Å². The van der Waals surface area contributed by atoms with Crippen molar-refractivity contribution >= 4 is 27.3 Å². The van der Waals surface area contributed by atoms with Crippen molar-refractivity contribution in [3.63, 3.8) is 0 Å². The minimum Gasteiger partial charge on any atom is -0.364 e. The molecule has 0 radical (unpaired) electrons. The topological polar surface area (TPSA) is 20.5 Å². The van der Waals surface area contributed by atoms with Crippen LogP contribution in [0.1, 0.15) is 11.4 Å². The minimum absolute atomic E-state index is 0.911. The fraction of sp³-hybridized carbons (Fsp3) is 0.235. The molecule has 0 unspecified atom stereocenters. The van der Waals surface area contributed by atoms with Crippen molar-refractivity contribution < 1.29 is 0 Å². The van der Waals surface area contributed by atoms with Gasteiger partial charge in [-0.3, -0.25) is 4.40 Å². The first-order valence-electron chi connectivity index (χ1n) is 7.04. The van der Waals surface area contributed by atoms with Crippen LogP contribution in [-0.2, 0) is 12.8 Å². The largest absolute Gasteiger partial charge is 0.364 e. The molecule has 0 fully saturated rings. The van der Waals surface area contributed by atoms with Crippen LogP contribution in [0.2, 0.25) is 0 Å². The van der Waals surface area contributed by atoms with Crippen molar-refractivity contribution in [2.24, 2.45) is 0 Å². The summed E-state index contributed by atoms with van der Waals surface area (Å²) in [6.45, 7) is 0. The van der Waals surface area contributed by atoms with Gasteiger partial charge in [-0.2, -0.15) is 0 Å². The molecule has 0 aliphatic rings. The van der Waals surface area contributed by atoms with Gasteiger partial charge in [-0.05, 0) is 40.0 Å². The van der Waals surface area contributed by atoms with Crippen molar-refractivity contribution in [1.29, 1.82) is 0 Å². The first kappa shape index (κ1) is 14.1. The Hall–Kier alpha value is -1.81. The highest BCUT2D eigenvalue weighted by Gasteiger charge is 2.13. The van der Waals surface area contributed by atoms with Crippen LogP contribution < -0.4 is 4.90 Å². The van der Waals surface area contributed by atoms with Gasteiger partial charge in [0.25, 0.3) is 0 Å². The van der Waals surface area contributed by atoms with E-state index in [1.807, 2.05) is 0 Å². The van der Waals surface area contributed by atoms with E-state index in [2.05, 4.69) is 87.9 Å². The van der Waals surface area contributed by atoms with Gasteiger partial charge in [0.2, 0.25) is 0 Å². The van der Waals surface area contributed by atoms with Crippen LogP contribution in [0.3, 0.4) is 0 Å². The number of benzene rings is 1. The van der Waals surface area contributed by atoms with Crippen molar-refractivity contribution in [2.45, 2.75) is 12.8 Å². The summed E-state index contributed by atoms with van der Waals surface area (Å²) < 4.78 is 3.14. The Morgan fingerprint density at radius 3 is 2.48 bits per heavy atom. The molecule has 108 valence electrons. The van der Waals surface area contributed by atoms with Crippen LogP contribution >= 0.6 is 15.9 Å². The van der Waals surface area contributed by atoms with Crippen LogP contribution in [0, 0.1) is 0 Å². The second-order valence-corrected chi connectivity index (χ2v) is 6.05. The van der Waals surface area contributed by atoms with Crippen molar-refractivity contribution in [2.75, 3.05) is 19.0 Å². The lowest BCUT2D eigenvalue weighted by molar-refractivity contribution is 0.843. The fourth-order valence-corrected chi connectivity index (χ4v) is 3.08. The van der Waals surface area contributed by atoms with Crippen molar-refractivity contribution in [1.82, 2.24) is 9.38 Å². The summed E-state index contributed by atoms with van der Waals surface area (Å²) >= 11 is 3.58. The number of aromatic nitrogens is 2.